The lowest BCUT2D eigenvalue weighted by Gasteiger charge is -2.20. The number of carbonyl (C=O) groups excluding carboxylic acids is 1. The predicted octanol–water partition coefficient (Wildman–Crippen LogP) is 3.71. The molecule has 1 amide bonds. The summed E-state index contributed by atoms with van der Waals surface area (Å²) in [7, 11) is -3.61. The van der Waals surface area contributed by atoms with Gasteiger partial charge in [-0.05, 0) is 36.1 Å². The number of nitrogens with zero attached hydrogens (tertiary/aromatic N) is 3. The lowest BCUT2D eigenvalue weighted by molar-refractivity contribution is -0.116. The molecule has 30 heavy (non-hydrogen) atoms. The monoisotopic (exact) mass is 448 g/mol. The summed E-state index contributed by atoms with van der Waals surface area (Å²) in [6.07, 6.45) is 0.427. The van der Waals surface area contributed by atoms with Crippen LogP contribution in [0.1, 0.15) is 31.7 Å². The van der Waals surface area contributed by atoms with Gasteiger partial charge < -0.3 is 9.84 Å². The summed E-state index contributed by atoms with van der Waals surface area (Å²) >= 11 is 1.54. The van der Waals surface area contributed by atoms with Crippen molar-refractivity contribution in [3.63, 3.8) is 0 Å². The van der Waals surface area contributed by atoms with Crippen LogP contribution >= 0.6 is 11.3 Å². The molecule has 2 heterocycles. The standard InChI is InChI=1S/C20H24N4O4S2/c1-4-24(5-2)30(26,27)17-12-16(7-6-14(17)3)21-18(25)8-9-19-22-20(23-28-19)15-10-11-29-13-15/h6-7,10-13H,4-5,8-9H2,1-3H3,(H,21,25). The SMILES string of the molecule is CCN(CC)S(=O)(=O)c1cc(NC(=O)CCc2nc(-c3ccsc3)no2)ccc1C. The van der Waals surface area contributed by atoms with E-state index in [2.05, 4.69) is 15.5 Å². The predicted molar refractivity (Wildman–Crippen MR) is 116 cm³/mol. The maximum Gasteiger partial charge on any atom is 0.243 e. The number of aryl methyl sites for hydroxylation is 2. The van der Waals surface area contributed by atoms with E-state index in [1.807, 2.05) is 16.8 Å². The van der Waals surface area contributed by atoms with Gasteiger partial charge in [0.2, 0.25) is 27.6 Å². The smallest absolute Gasteiger partial charge is 0.243 e. The van der Waals surface area contributed by atoms with Gasteiger partial charge in [0.25, 0.3) is 0 Å². The Morgan fingerprint density at radius 2 is 2.00 bits per heavy atom. The molecular formula is C20H24N4O4S2. The fourth-order valence-electron chi connectivity index (χ4n) is 2.97. The fourth-order valence-corrected chi connectivity index (χ4v) is 5.31. The molecule has 2 aromatic heterocycles. The lowest BCUT2D eigenvalue weighted by Crippen LogP contribution is -2.31. The molecule has 0 aliphatic carbocycles. The van der Waals surface area contributed by atoms with Gasteiger partial charge in [-0.1, -0.05) is 25.1 Å². The van der Waals surface area contributed by atoms with Crippen molar-refractivity contribution in [1.82, 2.24) is 14.4 Å². The second-order valence-electron chi connectivity index (χ2n) is 6.64. The van der Waals surface area contributed by atoms with Gasteiger partial charge >= 0.3 is 0 Å². The van der Waals surface area contributed by atoms with Crippen LogP contribution in [0.25, 0.3) is 11.4 Å². The highest BCUT2D eigenvalue weighted by Crippen LogP contribution is 2.24. The second-order valence-corrected chi connectivity index (χ2v) is 9.33. The molecule has 0 aliphatic heterocycles. The summed E-state index contributed by atoms with van der Waals surface area (Å²) in [5.74, 6) is 0.608. The van der Waals surface area contributed by atoms with E-state index in [1.165, 1.54) is 21.7 Å². The highest BCUT2D eigenvalue weighted by molar-refractivity contribution is 7.89. The number of benzene rings is 1. The van der Waals surface area contributed by atoms with Crippen molar-refractivity contribution in [1.29, 1.82) is 0 Å². The number of hydrogen-bond acceptors (Lipinski definition) is 7. The molecule has 8 nitrogen and oxygen atoms in total. The number of thiophene rings is 1. The first-order valence-corrected chi connectivity index (χ1v) is 12.0. The molecule has 0 spiro atoms. The number of nitrogens with one attached hydrogen (secondary N) is 1. The minimum atomic E-state index is -3.61. The molecule has 3 rings (SSSR count). The number of amides is 1. The number of carbonyl (C=O) groups is 1. The van der Waals surface area contributed by atoms with E-state index in [1.54, 1.807) is 32.9 Å². The molecule has 0 unspecified atom stereocenters. The van der Waals surface area contributed by atoms with E-state index in [4.69, 9.17) is 4.52 Å². The summed E-state index contributed by atoms with van der Waals surface area (Å²) in [5.41, 5.74) is 1.94. The summed E-state index contributed by atoms with van der Waals surface area (Å²) < 4.78 is 32.3. The van der Waals surface area contributed by atoms with Crippen LogP contribution in [0.3, 0.4) is 0 Å². The number of rotatable bonds is 9. The molecule has 0 radical (unpaired) electrons. The molecule has 0 atom stereocenters. The molecule has 10 heteroatoms. The lowest BCUT2D eigenvalue weighted by atomic mass is 10.2. The van der Waals surface area contributed by atoms with E-state index in [9.17, 15) is 13.2 Å². The van der Waals surface area contributed by atoms with Crippen molar-refractivity contribution < 1.29 is 17.7 Å². The first-order chi connectivity index (χ1) is 14.3. The minimum Gasteiger partial charge on any atom is -0.339 e. The Morgan fingerprint density at radius 1 is 1.23 bits per heavy atom. The van der Waals surface area contributed by atoms with E-state index >= 15 is 0 Å². The number of hydrogen-bond donors (Lipinski definition) is 1. The van der Waals surface area contributed by atoms with Crippen LogP contribution in [-0.4, -0.2) is 41.9 Å². The third-order valence-electron chi connectivity index (χ3n) is 4.61. The van der Waals surface area contributed by atoms with Gasteiger partial charge in [-0.15, -0.1) is 0 Å². The first kappa shape index (κ1) is 22.1. The molecule has 0 saturated heterocycles. The van der Waals surface area contributed by atoms with Crippen molar-refractivity contribution in [2.24, 2.45) is 0 Å². The van der Waals surface area contributed by atoms with Gasteiger partial charge in [-0.2, -0.15) is 20.6 Å². The Balaban J connectivity index is 1.66. The molecule has 0 bridgehead atoms. The summed E-state index contributed by atoms with van der Waals surface area (Å²) in [5, 5.41) is 10.5. The van der Waals surface area contributed by atoms with Gasteiger partial charge in [0.15, 0.2) is 0 Å². The fraction of sp³-hybridized carbons (Fsp3) is 0.350. The Hall–Kier alpha value is -2.56. The van der Waals surface area contributed by atoms with Crippen molar-refractivity contribution >= 4 is 33.0 Å². The van der Waals surface area contributed by atoms with E-state index in [-0.39, 0.29) is 17.2 Å². The van der Waals surface area contributed by atoms with Crippen LogP contribution in [-0.2, 0) is 21.2 Å². The molecule has 0 saturated carbocycles. The van der Waals surface area contributed by atoms with Crippen LogP contribution in [0.5, 0.6) is 0 Å². The van der Waals surface area contributed by atoms with Gasteiger partial charge in [0.05, 0.1) is 4.90 Å². The van der Waals surface area contributed by atoms with Crippen LogP contribution < -0.4 is 5.32 Å². The quantitative estimate of drug-likeness (QED) is 0.535. The van der Waals surface area contributed by atoms with Crippen molar-refractivity contribution in [3.8, 4) is 11.4 Å². The van der Waals surface area contributed by atoms with Gasteiger partial charge in [0, 0.05) is 42.6 Å². The maximum atomic E-state index is 12.9. The maximum absolute atomic E-state index is 12.9. The van der Waals surface area contributed by atoms with Crippen molar-refractivity contribution in [3.05, 3.63) is 46.5 Å². The van der Waals surface area contributed by atoms with Gasteiger partial charge in [-0.3, -0.25) is 4.79 Å². The van der Waals surface area contributed by atoms with E-state index < -0.39 is 10.0 Å². The van der Waals surface area contributed by atoms with E-state index in [0.717, 1.165) is 5.56 Å². The zero-order valence-electron chi connectivity index (χ0n) is 17.1. The third-order valence-corrected chi connectivity index (χ3v) is 7.48. The first-order valence-electron chi connectivity index (χ1n) is 9.61. The van der Waals surface area contributed by atoms with Crippen LogP contribution in [0.4, 0.5) is 5.69 Å². The highest BCUT2D eigenvalue weighted by atomic mass is 32.2. The van der Waals surface area contributed by atoms with Crippen LogP contribution in [0.15, 0.2) is 44.4 Å². The van der Waals surface area contributed by atoms with Crippen LogP contribution in [0.2, 0.25) is 0 Å². The second kappa shape index (κ2) is 9.50. The molecule has 0 fully saturated rings. The van der Waals surface area contributed by atoms with Crippen LogP contribution in [0, 0.1) is 6.92 Å². The third kappa shape index (κ3) is 4.94. The van der Waals surface area contributed by atoms with Crippen molar-refractivity contribution in [2.75, 3.05) is 18.4 Å². The van der Waals surface area contributed by atoms with Crippen molar-refractivity contribution in [2.45, 2.75) is 38.5 Å². The average Bonchev–Trinajstić information content (AvgIpc) is 3.40. The Kier molecular flexibility index (Phi) is 7.01. The summed E-state index contributed by atoms with van der Waals surface area (Å²) in [6, 6.07) is 6.78. The Morgan fingerprint density at radius 3 is 2.67 bits per heavy atom. The molecule has 1 N–H and O–H groups in total. The molecule has 1 aromatic carbocycles. The molecule has 3 aromatic rings. The highest BCUT2D eigenvalue weighted by Gasteiger charge is 2.24. The molecule has 160 valence electrons. The zero-order chi connectivity index (χ0) is 21.7. The Bertz CT molecular complexity index is 1100. The normalized spacial score (nSPS) is 11.7. The largest absolute Gasteiger partial charge is 0.339 e. The topological polar surface area (TPSA) is 105 Å². The summed E-state index contributed by atoms with van der Waals surface area (Å²) in [6.45, 7) is 6.09. The number of sulfonamides is 1. The van der Waals surface area contributed by atoms with Gasteiger partial charge in [-0.25, -0.2) is 8.42 Å². The zero-order valence-corrected chi connectivity index (χ0v) is 18.7. The Labute approximate surface area is 180 Å². The average molecular weight is 449 g/mol. The minimum absolute atomic E-state index is 0.136. The number of anilines is 1. The summed E-state index contributed by atoms with van der Waals surface area (Å²) in [4.78, 5) is 16.8. The molecule has 0 aliphatic rings. The molecular weight excluding hydrogens is 424 g/mol. The van der Waals surface area contributed by atoms with Gasteiger partial charge in [0.1, 0.15) is 0 Å². The number of aromatic nitrogens is 2. The van der Waals surface area contributed by atoms with E-state index in [0.29, 0.717) is 42.5 Å².